The summed E-state index contributed by atoms with van der Waals surface area (Å²) in [6, 6.07) is 6.41. The largest absolute Gasteiger partial charge is 0.348 e. The van der Waals surface area contributed by atoms with Crippen LogP contribution in [0.1, 0.15) is 57.9 Å². The maximum Gasteiger partial charge on any atom is 0.270 e. The van der Waals surface area contributed by atoms with Crippen LogP contribution >= 0.6 is 0 Å². The first-order valence-electron chi connectivity index (χ1n) is 14.5. The molecule has 2 atom stereocenters. The molecule has 4 rings (SSSR count). The molecule has 41 heavy (non-hydrogen) atoms. The minimum Gasteiger partial charge on any atom is -0.348 e. The van der Waals surface area contributed by atoms with Crippen LogP contribution in [0.3, 0.4) is 0 Å². The van der Waals surface area contributed by atoms with Crippen molar-refractivity contribution in [3.63, 3.8) is 0 Å². The molecular formula is C32H42FN5O3. The zero-order valence-corrected chi connectivity index (χ0v) is 24.7. The Balaban J connectivity index is 0.00000226. The minimum absolute atomic E-state index is 0.132. The summed E-state index contributed by atoms with van der Waals surface area (Å²) in [7, 11) is 0. The minimum atomic E-state index is -0.589. The third kappa shape index (κ3) is 8.10. The number of hydrogen-bond acceptors (Lipinski definition) is 5. The number of pyridine rings is 1. The Hall–Kier alpha value is -3.85. The van der Waals surface area contributed by atoms with Crippen molar-refractivity contribution < 1.29 is 18.8 Å². The number of likely N-dealkylation sites (tertiary alicyclic amines) is 1. The van der Waals surface area contributed by atoms with Crippen LogP contribution in [0.2, 0.25) is 0 Å². The predicted octanol–water partition coefficient (Wildman–Crippen LogP) is 4.29. The summed E-state index contributed by atoms with van der Waals surface area (Å²) in [5.41, 5.74) is 2.69. The molecule has 9 heteroatoms. The maximum absolute atomic E-state index is 13.4. The molecule has 3 N–H and O–H groups in total. The van der Waals surface area contributed by atoms with Gasteiger partial charge in [-0.3, -0.25) is 14.4 Å². The molecule has 220 valence electrons. The van der Waals surface area contributed by atoms with E-state index in [0.717, 1.165) is 24.2 Å². The summed E-state index contributed by atoms with van der Waals surface area (Å²) < 4.78 is 13.4. The van der Waals surface area contributed by atoms with Crippen LogP contribution in [0.4, 0.5) is 4.39 Å². The summed E-state index contributed by atoms with van der Waals surface area (Å²) in [6.45, 7) is 12.1. The highest BCUT2D eigenvalue weighted by molar-refractivity contribution is 5.97. The van der Waals surface area contributed by atoms with Crippen molar-refractivity contribution in [1.29, 1.82) is 0 Å². The second kappa shape index (κ2) is 15.2. The van der Waals surface area contributed by atoms with Gasteiger partial charge in [-0.25, -0.2) is 9.37 Å². The SMILES string of the molecule is C/C=C(/C=C/C1CNC1)C(=C/C)\[C@H](C)NC(=O)C1CCCN1C(=O)CNC(=O)c1ccc2cc(F)ccc2n1.CC. The van der Waals surface area contributed by atoms with E-state index in [1.807, 2.05) is 46.8 Å². The number of fused-ring (bicyclic) bond motifs is 1. The monoisotopic (exact) mass is 563 g/mol. The fraction of sp³-hybridized carbons (Fsp3) is 0.438. The number of carbonyl (C=O) groups is 3. The average Bonchev–Trinajstić information content (AvgIpc) is 3.45. The lowest BCUT2D eigenvalue weighted by atomic mass is 9.95. The summed E-state index contributed by atoms with van der Waals surface area (Å²) in [5.74, 6) is -0.888. The highest BCUT2D eigenvalue weighted by Crippen LogP contribution is 2.21. The summed E-state index contributed by atoms with van der Waals surface area (Å²) >= 11 is 0. The molecule has 2 aliphatic heterocycles. The molecule has 2 aliphatic rings. The van der Waals surface area contributed by atoms with E-state index < -0.39 is 11.9 Å². The van der Waals surface area contributed by atoms with E-state index >= 15 is 0 Å². The smallest absolute Gasteiger partial charge is 0.270 e. The lowest BCUT2D eigenvalue weighted by molar-refractivity contribution is -0.137. The van der Waals surface area contributed by atoms with Gasteiger partial charge in [0.1, 0.15) is 17.6 Å². The number of rotatable bonds is 9. The molecule has 2 aromatic rings. The Kier molecular flexibility index (Phi) is 11.8. The molecular weight excluding hydrogens is 521 g/mol. The molecule has 1 aromatic heterocycles. The molecule has 0 aliphatic carbocycles. The van der Waals surface area contributed by atoms with E-state index in [0.29, 0.717) is 36.2 Å². The first kappa shape index (κ1) is 31.7. The van der Waals surface area contributed by atoms with Crippen LogP contribution < -0.4 is 16.0 Å². The standard InChI is InChI=1S/C30H36FN5O3.C2H6/c1-4-21(9-8-20-16-32-17-20)24(5-2)19(3)34-30(39)27-7-6-14-36(27)28(37)18-33-29(38)26-12-10-22-15-23(31)11-13-25(22)35-26;1-2/h4-5,8-13,15,19-20,27,32H,6-7,14,16-18H2,1-3H3,(H,33,38)(H,34,39);1-2H3/b9-8+,21-4-,24-5-;/t19-,27?;/m0./s1. The van der Waals surface area contributed by atoms with Crippen molar-refractivity contribution >= 4 is 28.6 Å². The van der Waals surface area contributed by atoms with Crippen molar-refractivity contribution in [1.82, 2.24) is 25.8 Å². The number of benzene rings is 1. The van der Waals surface area contributed by atoms with Gasteiger partial charge in [-0.15, -0.1) is 0 Å². The molecule has 0 bridgehead atoms. The molecule has 1 unspecified atom stereocenters. The topological polar surface area (TPSA) is 103 Å². The highest BCUT2D eigenvalue weighted by atomic mass is 19.1. The zero-order chi connectivity index (χ0) is 29.9. The van der Waals surface area contributed by atoms with Gasteiger partial charge in [-0.2, -0.15) is 0 Å². The van der Waals surface area contributed by atoms with Crippen molar-refractivity contribution in [2.75, 3.05) is 26.2 Å². The van der Waals surface area contributed by atoms with E-state index in [9.17, 15) is 18.8 Å². The maximum atomic E-state index is 13.4. The molecule has 2 fully saturated rings. The van der Waals surface area contributed by atoms with E-state index in [-0.39, 0.29) is 35.9 Å². The number of nitrogens with one attached hydrogen (secondary N) is 3. The molecule has 0 saturated carbocycles. The zero-order valence-electron chi connectivity index (χ0n) is 24.7. The van der Waals surface area contributed by atoms with E-state index in [4.69, 9.17) is 0 Å². The molecule has 1 aromatic carbocycles. The molecule has 0 spiro atoms. The van der Waals surface area contributed by atoms with Crippen molar-refractivity contribution in [2.24, 2.45) is 5.92 Å². The third-order valence-corrected chi connectivity index (χ3v) is 7.30. The number of carbonyl (C=O) groups excluding carboxylic acids is 3. The van der Waals surface area contributed by atoms with E-state index in [1.165, 1.54) is 29.2 Å². The normalized spacial score (nSPS) is 18.5. The van der Waals surface area contributed by atoms with Gasteiger partial charge in [0.2, 0.25) is 11.8 Å². The molecule has 2 saturated heterocycles. The van der Waals surface area contributed by atoms with Gasteiger partial charge in [-0.05, 0) is 69.0 Å². The third-order valence-electron chi connectivity index (χ3n) is 7.30. The van der Waals surface area contributed by atoms with Gasteiger partial charge in [0, 0.05) is 30.9 Å². The average molecular weight is 564 g/mol. The number of hydrogen-bond donors (Lipinski definition) is 3. The summed E-state index contributed by atoms with van der Waals surface area (Å²) in [5, 5.41) is 9.53. The van der Waals surface area contributed by atoms with Crippen LogP contribution in [0.25, 0.3) is 10.9 Å². The van der Waals surface area contributed by atoms with Gasteiger partial charge in [-0.1, -0.05) is 44.2 Å². The van der Waals surface area contributed by atoms with Crippen LogP contribution in [0.15, 0.2) is 65.8 Å². The lowest BCUT2D eigenvalue weighted by Crippen LogP contribution is -2.50. The Morgan fingerprint density at radius 2 is 1.90 bits per heavy atom. The van der Waals surface area contributed by atoms with Crippen molar-refractivity contribution in [3.05, 3.63) is 77.3 Å². The number of nitrogens with zero attached hydrogens (tertiary/aromatic N) is 2. The molecule has 3 amide bonds. The van der Waals surface area contributed by atoms with Crippen LogP contribution in [-0.2, 0) is 9.59 Å². The Morgan fingerprint density at radius 3 is 2.56 bits per heavy atom. The molecule has 3 heterocycles. The van der Waals surface area contributed by atoms with E-state index in [2.05, 4.69) is 33.1 Å². The van der Waals surface area contributed by atoms with Gasteiger partial charge >= 0.3 is 0 Å². The van der Waals surface area contributed by atoms with Gasteiger partial charge < -0.3 is 20.9 Å². The van der Waals surface area contributed by atoms with E-state index in [1.54, 1.807) is 6.07 Å². The highest BCUT2D eigenvalue weighted by Gasteiger charge is 2.35. The second-order valence-corrected chi connectivity index (χ2v) is 9.96. The Labute approximate surface area is 242 Å². The Bertz CT molecular complexity index is 1330. The van der Waals surface area contributed by atoms with Gasteiger partial charge in [0.15, 0.2) is 0 Å². The van der Waals surface area contributed by atoms with Gasteiger partial charge in [0.25, 0.3) is 5.91 Å². The lowest BCUT2D eigenvalue weighted by Gasteiger charge is -2.27. The summed E-state index contributed by atoms with van der Waals surface area (Å²) in [4.78, 5) is 44.7. The fourth-order valence-electron chi connectivity index (χ4n) is 5.01. The number of aromatic nitrogens is 1. The number of halogens is 1. The number of amides is 3. The number of allylic oxidation sites excluding steroid dienone is 3. The quantitative estimate of drug-likeness (QED) is 0.395. The Morgan fingerprint density at radius 1 is 1.15 bits per heavy atom. The molecule has 0 radical (unpaired) electrons. The van der Waals surface area contributed by atoms with Crippen LogP contribution in [-0.4, -0.2) is 65.9 Å². The summed E-state index contributed by atoms with van der Waals surface area (Å²) in [6.07, 6.45) is 9.63. The fourth-order valence-corrected chi connectivity index (χ4v) is 5.01. The van der Waals surface area contributed by atoms with Gasteiger partial charge in [0.05, 0.1) is 18.1 Å². The first-order valence-corrected chi connectivity index (χ1v) is 14.5. The van der Waals surface area contributed by atoms with Crippen molar-refractivity contribution in [3.8, 4) is 0 Å². The van der Waals surface area contributed by atoms with Crippen LogP contribution in [0, 0.1) is 11.7 Å². The molecule has 8 nitrogen and oxygen atoms in total. The first-order chi connectivity index (χ1) is 19.8. The van der Waals surface area contributed by atoms with Crippen molar-refractivity contribution in [2.45, 2.75) is 59.5 Å². The van der Waals surface area contributed by atoms with Crippen LogP contribution in [0.5, 0.6) is 0 Å². The second-order valence-electron chi connectivity index (χ2n) is 9.96. The predicted molar refractivity (Wildman–Crippen MR) is 161 cm³/mol.